The Labute approximate surface area is 129 Å². The molecular weight excluding hydrogens is 260 g/mol. The Morgan fingerprint density at radius 1 is 1.24 bits per heavy atom. The third-order valence-corrected chi connectivity index (χ3v) is 4.37. The number of anilines is 1. The largest absolute Gasteiger partial charge is 0.381 e. The summed E-state index contributed by atoms with van der Waals surface area (Å²) in [7, 11) is 2.20. The standard InChI is InChI=1S/C18H30N2O/c1-5-19-12-18(7-6-8-21-14-18)13-20(4)17-10-15(2)9-16(3)11-17/h9-11,19H,5-8,12-14H2,1-4H3. The van der Waals surface area contributed by atoms with Crippen molar-refractivity contribution >= 4 is 5.69 Å². The van der Waals surface area contributed by atoms with E-state index in [1.807, 2.05) is 0 Å². The molecule has 2 rings (SSSR count). The summed E-state index contributed by atoms with van der Waals surface area (Å²) < 4.78 is 5.80. The lowest BCUT2D eigenvalue weighted by Crippen LogP contribution is -2.48. The smallest absolute Gasteiger partial charge is 0.0551 e. The molecular formula is C18H30N2O. The molecule has 1 heterocycles. The number of aryl methyl sites for hydroxylation is 2. The Morgan fingerprint density at radius 3 is 2.52 bits per heavy atom. The lowest BCUT2D eigenvalue weighted by atomic mass is 9.81. The van der Waals surface area contributed by atoms with Crippen LogP contribution in [0.25, 0.3) is 0 Å². The molecule has 0 bridgehead atoms. The third kappa shape index (κ3) is 4.45. The molecule has 1 fully saturated rings. The van der Waals surface area contributed by atoms with Crippen LogP contribution in [0.3, 0.4) is 0 Å². The van der Waals surface area contributed by atoms with Gasteiger partial charge in [-0.15, -0.1) is 0 Å². The van der Waals surface area contributed by atoms with Crippen molar-refractivity contribution in [2.75, 3.05) is 44.8 Å². The molecule has 1 N–H and O–H groups in total. The minimum atomic E-state index is 0.237. The van der Waals surface area contributed by atoms with Crippen LogP contribution in [0, 0.1) is 19.3 Å². The van der Waals surface area contributed by atoms with Crippen LogP contribution in [0.15, 0.2) is 18.2 Å². The number of ether oxygens (including phenoxy) is 1. The van der Waals surface area contributed by atoms with E-state index in [1.165, 1.54) is 29.7 Å². The Hall–Kier alpha value is -1.06. The van der Waals surface area contributed by atoms with Crippen molar-refractivity contribution in [1.82, 2.24) is 5.32 Å². The molecule has 21 heavy (non-hydrogen) atoms. The van der Waals surface area contributed by atoms with E-state index in [0.717, 1.165) is 32.8 Å². The summed E-state index contributed by atoms with van der Waals surface area (Å²) in [6.07, 6.45) is 2.42. The second kappa shape index (κ2) is 7.28. The summed E-state index contributed by atoms with van der Waals surface area (Å²) in [6, 6.07) is 6.78. The average molecular weight is 290 g/mol. The van der Waals surface area contributed by atoms with Crippen molar-refractivity contribution in [1.29, 1.82) is 0 Å². The summed E-state index contributed by atoms with van der Waals surface area (Å²) >= 11 is 0. The first-order valence-electron chi connectivity index (χ1n) is 8.12. The first-order valence-corrected chi connectivity index (χ1v) is 8.12. The van der Waals surface area contributed by atoms with Crippen molar-refractivity contribution < 1.29 is 4.74 Å². The quantitative estimate of drug-likeness (QED) is 0.871. The van der Waals surface area contributed by atoms with E-state index in [-0.39, 0.29) is 5.41 Å². The minimum absolute atomic E-state index is 0.237. The second-order valence-electron chi connectivity index (χ2n) is 6.64. The predicted octanol–water partition coefficient (Wildman–Crippen LogP) is 3.15. The van der Waals surface area contributed by atoms with Gasteiger partial charge < -0.3 is 15.0 Å². The van der Waals surface area contributed by atoms with Crippen LogP contribution in [0.1, 0.15) is 30.9 Å². The van der Waals surface area contributed by atoms with Crippen molar-refractivity contribution in [3.63, 3.8) is 0 Å². The highest BCUT2D eigenvalue weighted by atomic mass is 16.5. The van der Waals surface area contributed by atoms with E-state index in [0.29, 0.717) is 0 Å². The molecule has 0 amide bonds. The zero-order valence-corrected chi connectivity index (χ0v) is 14.0. The fourth-order valence-corrected chi connectivity index (χ4v) is 3.39. The Morgan fingerprint density at radius 2 is 1.95 bits per heavy atom. The topological polar surface area (TPSA) is 24.5 Å². The van der Waals surface area contributed by atoms with Crippen LogP contribution in [-0.4, -0.2) is 39.9 Å². The maximum atomic E-state index is 5.80. The SMILES string of the molecule is CCNCC1(CN(C)c2cc(C)cc(C)c2)CCCOC1. The van der Waals surface area contributed by atoms with Gasteiger partial charge in [-0.05, 0) is 56.5 Å². The molecule has 1 aromatic carbocycles. The monoisotopic (exact) mass is 290 g/mol. The van der Waals surface area contributed by atoms with E-state index in [9.17, 15) is 0 Å². The summed E-state index contributed by atoms with van der Waals surface area (Å²) in [5.74, 6) is 0. The number of hydrogen-bond acceptors (Lipinski definition) is 3. The molecule has 1 aliphatic heterocycles. The number of benzene rings is 1. The van der Waals surface area contributed by atoms with Crippen molar-refractivity contribution in [2.45, 2.75) is 33.6 Å². The van der Waals surface area contributed by atoms with E-state index in [4.69, 9.17) is 4.74 Å². The number of nitrogens with zero attached hydrogens (tertiary/aromatic N) is 1. The van der Waals surface area contributed by atoms with Gasteiger partial charge in [0.05, 0.1) is 6.61 Å². The van der Waals surface area contributed by atoms with Crippen molar-refractivity contribution in [3.05, 3.63) is 29.3 Å². The van der Waals surface area contributed by atoms with Gasteiger partial charge >= 0.3 is 0 Å². The van der Waals surface area contributed by atoms with Crippen molar-refractivity contribution in [3.8, 4) is 0 Å². The Balaban J connectivity index is 2.11. The number of nitrogens with one attached hydrogen (secondary N) is 1. The van der Waals surface area contributed by atoms with Gasteiger partial charge in [-0.2, -0.15) is 0 Å². The van der Waals surface area contributed by atoms with Crippen LogP contribution in [0.4, 0.5) is 5.69 Å². The molecule has 1 aromatic rings. The van der Waals surface area contributed by atoms with Crippen LogP contribution < -0.4 is 10.2 Å². The van der Waals surface area contributed by atoms with E-state index in [2.05, 4.69) is 56.2 Å². The lowest BCUT2D eigenvalue weighted by molar-refractivity contribution is -0.00248. The molecule has 3 heteroatoms. The van der Waals surface area contributed by atoms with Gasteiger partial charge in [0.2, 0.25) is 0 Å². The highest BCUT2D eigenvalue weighted by Gasteiger charge is 2.33. The van der Waals surface area contributed by atoms with Gasteiger partial charge in [-0.1, -0.05) is 13.0 Å². The number of hydrogen-bond donors (Lipinski definition) is 1. The lowest BCUT2D eigenvalue weighted by Gasteiger charge is -2.40. The maximum absolute atomic E-state index is 5.80. The maximum Gasteiger partial charge on any atom is 0.0551 e. The molecule has 1 saturated heterocycles. The van der Waals surface area contributed by atoms with Gasteiger partial charge in [0.1, 0.15) is 0 Å². The number of rotatable bonds is 6. The van der Waals surface area contributed by atoms with Crippen LogP contribution in [-0.2, 0) is 4.74 Å². The van der Waals surface area contributed by atoms with Crippen molar-refractivity contribution in [2.24, 2.45) is 5.41 Å². The van der Waals surface area contributed by atoms with E-state index < -0.39 is 0 Å². The second-order valence-corrected chi connectivity index (χ2v) is 6.64. The molecule has 0 spiro atoms. The van der Waals surface area contributed by atoms with E-state index in [1.54, 1.807) is 0 Å². The van der Waals surface area contributed by atoms with Crippen LogP contribution >= 0.6 is 0 Å². The fourth-order valence-electron chi connectivity index (χ4n) is 3.39. The summed E-state index contributed by atoms with van der Waals surface area (Å²) in [5.41, 5.74) is 4.21. The predicted molar refractivity (Wildman–Crippen MR) is 90.2 cm³/mol. The normalized spacial score (nSPS) is 22.3. The molecule has 0 aliphatic carbocycles. The van der Waals surface area contributed by atoms with Crippen LogP contribution in [0.2, 0.25) is 0 Å². The van der Waals surface area contributed by atoms with Gasteiger partial charge in [0.15, 0.2) is 0 Å². The van der Waals surface area contributed by atoms with E-state index >= 15 is 0 Å². The molecule has 0 radical (unpaired) electrons. The minimum Gasteiger partial charge on any atom is -0.381 e. The van der Waals surface area contributed by atoms with Gasteiger partial charge in [0, 0.05) is 37.8 Å². The summed E-state index contributed by atoms with van der Waals surface area (Å²) in [6.45, 7) is 11.4. The average Bonchev–Trinajstić information content (AvgIpc) is 2.45. The molecule has 1 atom stereocenters. The fraction of sp³-hybridized carbons (Fsp3) is 0.667. The third-order valence-electron chi connectivity index (χ3n) is 4.37. The highest BCUT2D eigenvalue weighted by Crippen LogP contribution is 2.31. The zero-order chi connectivity index (χ0) is 15.3. The van der Waals surface area contributed by atoms with Crippen LogP contribution in [0.5, 0.6) is 0 Å². The summed E-state index contributed by atoms with van der Waals surface area (Å²) in [5, 5.41) is 3.53. The molecule has 118 valence electrons. The van der Waals surface area contributed by atoms with Gasteiger partial charge in [-0.25, -0.2) is 0 Å². The molecule has 3 nitrogen and oxygen atoms in total. The Bertz CT molecular complexity index is 432. The van der Waals surface area contributed by atoms with Gasteiger partial charge in [-0.3, -0.25) is 0 Å². The van der Waals surface area contributed by atoms with Gasteiger partial charge in [0.25, 0.3) is 0 Å². The Kier molecular flexibility index (Phi) is 5.65. The molecule has 0 aromatic heterocycles. The highest BCUT2D eigenvalue weighted by molar-refractivity contribution is 5.50. The first-order chi connectivity index (χ1) is 10.0. The molecule has 0 saturated carbocycles. The zero-order valence-electron chi connectivity index (χ0n) is 14.0. The summed E-state index contributed by atoms with van der Waals surface area (Å²) in [4.78, 5) is 2.39. The molecule has 1 unspecified atom stereocenters. The molecule has 1 aliphatic rings. The first kappa shape index (κ1) is 16.3.